The van der Waals surface area contributed by atoms with E-state index in [2.05, 4.69) is 15.6 Å². The number of carbonyl (C=O) groups excluding carboxylic acids is 3. The summed E-state index contributed by atoms with van der Waals surface area (Å²) in [5, 5.41) is 33.1. The molecule has 1 aromatic carbocycles. The first kappa shape index (κ1) is 31.8. The van der Waals surface area contributed by atoms with Crippen LogP contribution in [0.4, 0.5) is 0 Å². The first-order valence-corrected chi connectivity index (χ1v) is 12.8. The molecule has 15 nitrogen and oxygen atoms in total. The molecular weight excluding hydrogens is 526 g/mol. The number of carboxylic acid groups (broad SMARTS) is 2. The summed E-state index contributed by atoms with van der Waals surface area (Å²) in [5.41, 5.74) is 17.1. The van der Waals surface area contributed by atoms with Crippen molar-refractivity contribution >= 4 is 35.6 Å². The van der Waals surface area contributed by atoms with Gasteiger partial charge in [0.15, 0.2) is 5.96 Å². The second-order valence-electron chi connectivity index (χ2n) is 9.51. The van der Waals surface area contributed by atoms with Crippen molar-refractivity contribution in [2.45, 2.75) is 69.1 Å². The number of hydrogen-bond donors (Lipinski definition) is 8. The number of aromatic hydroxyl groups is 1. The van der Waals surface area contributed by atoms with Gasteiger partial charge in [-0.25, -0.2) is 4.79 Å². The van der Waals surface area contributed by atoms with E-state index in [0.29, 0.717) is 12.0 Å². The average molecular weight is 564 g/mol. The monoisotopic (exact) mass is 563 g/mol. The van der Waals surface area contributed by atoms with Crippen LogP contribution in [0.15, 0.2) is 29.3 Å². The second-order valence-corrected chi connectivity index (χ2v) is 9.51. The van der Waals surface area contributed by atoms with Gasteiger partial charge in [-0.1, -0.05) is 12.1 Å². The zero-order valence-electron chi connectivity index (χ0n) is 22.0. The lowest BCUT2D eigenvalue weighted by Crippen LogP contribution is -2.57. The fourth-order valence-corrected chi connectivity index (χ4v) is 4.29. The molecule has 1 aliphatic heterocycles. The van der Waals surface area contributed by atoms with Crippen LogP contribution >= 0.6 is 0 Å². The van der Waals surface area contributed by atoms with E-state index in [-0.39, 0.29) is 63.3 Å². The van der Waals surface area contributed by atoms with Crippen molar-refractivity contribution in [2.24, 2.45) is 22.2 Å². The molecular formula is C25H37N7O8. The number of guanidine groups is 1. The van der Waals surface area contributed by atoms with Crippen LogP contribution in [0, 0.1) is 0 Å². The Morgan fingerprint density at radius 1 is 1.00 bits per heavy atom. The van der Waals surface area contributed by atoms with Crippen molar-refractivity contribution < 1.29 is 39.3 Å². The molecule has 0 spiro atoms. The maximum absolute atomic E-state index is 13.5. The van der Waals surface area contributed by atoms with Crippen LogP contribution in [0.25, 0.3) is 0 Å². The number of phenolic OH excluding ortho intramolecular Hbond substituents is 1. The molecule has 11 N–H and O–H groups in total. The maximum Gasteiger partial charge on any atom is 0.326 e. The van der Waals surface area contributed by atoms with Crippen molar-refractivity contribution in [1.29, 1.82) is 0 Å². The molecule has 0 aliphatic carbocycles. The summed E-state index contributed by atoms with van der Waals surface area (Å²) in [6.07, 6.45) is 0.592. The zero-order chi connectivity index (χ0) is 29.8. The van der Waals surface area contributed by atoms with Gasteiger partial charge < -0.3 is 48.1 Å². The topological polar surface area (TPSA) is 264 Å². The number of phenols is 1. The smallest absolute Gasteiger partial charge is 0.326 e. The van der Waals surface area contributed by atoms with Crippen molar-refractivity contribution in [1.82, 2.24) is 15.5 Å². The highest BCUT2D eigenvalue weighted by molar-refractivity contribution is 5.94. The Balaban J connectivity index is 2.26. The van der Waals surface area contributed by atoms with Gasteiger partial charge in [0, 0.05) is 25.9 Å². The summed E-state index contributed by atoms with van der Waals surface area (Å²) in [4.78, 5) is 67.2. The summed E-state index contributed by atoms with van der Waals surface area (Å²) in [6.45, 7) is 0.374. The van der Waals surface area contributed by atoms with E-state index in [9.17, 15) is 34.2 Å². The van der Waals surface area contributed by atoms with E-state index in [1.807, 2.05) is 0 Å². The molecule has 0 bridgehead atoms. The molecule has 4 unspecified atom stereocenters. The van der Waals surface area contributed by atoms with Gasteiger partial charge >= 0.3 is 11.9 Å². The number of aliphatic imine (C=N–C) groups is 1. The molecule has 15 heteroatoms. The number of rotatable bonds is 15. The second kappa shape index (κ2) is 15.3. The Morgan fingerprint density at radius 2 is 1.65 bits per heavy atom. The van der Waals surface area contributed by atoms with Gasteiger partial charge in [-0.3, -0.25) is 24.2 Å². The number of nitrogens with two attached hydrogens (primary N) is 3. The number of aliphatic carboxylic acids is 2. The predicted octanol–water partition coefficient (Wildman–Crippen LogP) is -1.77. The average Bonchev–Trinajstić information content (AvgIpc) is 3.39. The van der Waals surface area contributed by atoms with Crippen LogP contribution in [0.3, 0.4) is 0 Å². The molecule has 1 saturated heterocycles. The third-order valence-corrected chi connectivity index (χ3v) is 6.40. The van der Waals surface area contributed by atoms with Crippen LogP contribution < -0.4 is 27.8 Å². The van der Waals surface area contributed by atoms with Gasteiger partial charge in [0.05, 0.1) is 6.04 Å². The van der Waals surface area contributed by atoms with Crippen molar-refractivity contribution in [3.63, 3.8) is 0 Å². The van der Waals surface area contributed by atoms with E-state index in [1.165, 1.54) is 17.0 Å². The molecule has 1 fully saturated rings. The maximum atomic E-state index is 13.5. The van der Waals surface area contributed by atoms with Gasteiger partial charge in [-0.2, -0.15) is 0 Å². The molecule has 2 rings (SSSR count). The van der Waals surface area contributed by atoms with Gasteiger partial charge in [-0.05, 0) is 49.8 Å². The van der Waals surface area contributed by atoms with Crippen LogP contribution in [-0.2, 0) is 30.4 Å². The molecule has 4 atom stereocenters. The number of nitrogens with zero attached hydrogens (tertiary/aromatic N) is 2. The largest absolute Gasteiger partial charge is 0.508 e. The van der Waals surface area contributed by atoms with E-state index in [0.717, 1.165) is 0 Å². The van der Waals surface area contributed by atoms with Crippen molar-refractivity contribution in [2.75, 3.05) is 13.1 Å². The Labute approximate surface area is 230 Å². The minimum atomic E-state index is -1.23. The zero-order valence-corrected chi connectivity index (χ0v) is 22.0. The highest BCUT2D eigenvalue weighted by Gasteiger charge is 2.38. The molecule has 40 heavy (non-hydrogen) atoms. The van der Waals surface area contributed by atoms with E-state index in [4.69, 9.17) is 22.3 Å². The van der Waals surface area contributed by atoms with Gasteiger partial charge in [0.2, 0.25) is 17.7 Å². The molecule has 3 amide bonds. The lowest BCUT2D eigenvalue weighted by molar-refractivity contribution is -0.149. The molecule has 0 saturated carbocycles. The van der Waals surface area contributed by atoms with Gasteiger partial charge in [0.1, 0.15) is 23.9 Å². The molecule has 220 valence electrons. The number of nitrogens with one attached hydrogen (secondary N) is 2. The van der Waals surface area contributed by atoms with E-state index >= 15 is 0 Å². The summed E-state index contributed by atoms with van der Waals surface area (Å²) in [5.74, 6) is -4.52. The highest BCUT2D eigenvalue weighted by Crippen LogP contribution is 2.20. The van der Waals surface area contributed by atoms with Gasteiger partial charge in [0.25, 0.3) is 0 Å². The third kappa shape index (κ3) is 10.1. The number of carboxylic acids is 2. The number of hydrogen-bond acceptors (Lipinski definition) is 8. The van der Waals surface area contributed by atoms with E-state index in [1.54, 1.807) is 12.1 Å². The summed E-state index contributed by atoms with van der Waals surface area (Å²) >= 11 is 0. The van der Waals surface area contributed by atoms with Crippen LogP contribution in [0.2, 0.25) is 0 Å². The summed E-state index contributed by atoms with van der Waals surface area (Å²) < 4.78 is 0. The third-order valence-electron chi connectivity index (χ3n) is 6.40. The molecule has 1 aromatic rings. The number of benzene rings is 1. The lowest BCUT2D eigenvalue weighted by atomic mass is 10.0. The number of amides is 3. The predicted molar refractivity (Wildman–Crippen MR) is 143 cm³/mol. The van der Waals surface area contributed by atoms with Crippen molar-refractivity contribution in [3.05, 3.63) is 29.8 Å². The molecule has 0 aromatic heterocycles. The normalized spacial score (nSPS) is 16.8. The first-order chi connectivity index (χ1) is 18.9. The molecule has 1 aliphatic rings. The molecule has 1 heterocycles. The highest BCUT2D eigenvalue weighted by atomic mass is 16.4. The Hall–Kier alpha value is -4.40. The van der Waals surface area contributed by atoms with E-state index < -0.39 is 53.8 Å². The number of carbonyl (C=O) groups is 5. The minimum absolute atomic E-state index is 0.00508. The van der Waals surface area contributed by atoms with Crippen LogP contribution in [-0.4, -0.2) is 93.1 Å². The molecule has 0 radical (unpaired) electrons. The Morgan fingerprint density at radius 3 is 2.25 bits per heavy atom. The SMILES string of the molecule is NC(N)=NCCCC(NC(=O)C(Cc1ccc(O)cc1)NC(=O)C(N)CCC(=O)O)C(=O)N1CCCC1C(=O)O. The fraction of sp³-hybridized carbons (Fsp3) is 0.520. The summed E-state index contributed by atoms with van der Waals surface area (Å²) in [6, 6.07) is 1.31. The minimum Gasteiger partial charge on any atom is -0.508 e. The fourth-order valence-electron chi connectivity index (χ4n) is 4.29. The lowest BCUT2D eigenvalue weighted by Gasteiger charge is -2.29. The van der Waals surface area contributed by atoms with Crippen molar-refractivity contribution in [3.8, 4) is 5.75 Å². The standard InChI is InChI=1S/C25H37N7O8/c26-16(9-10-20(34)35)21(36)31-18(13-14-5-7-15(33)8-6-14)22(37)30-17(3-1-11-29-25(27)28)23(38)32-12-2-4-19(32)24(39)40/h5-8,16-19,33H,1-4,9-13,26H2,(H,30,37)(H,31,36)(H,34,35)(H,39,40)(H4,27,28,29). The Bertz CT molecular complexity index is 1090. The summed E-state index contributed by atoms with van der Waals surface area (Å²) in [7, 11) is 0. The van der Waals surface area contributed by atoms with Gasteiger partial charge in [-0.15, -0.1) is 0 Å². The quantitative estimate of drug-likeness (QED) is 0.0672. The number of likely N-dealkylation sites (tertiary alicyclic amines) is 1. The first-order valence-electron chi connectivity index (χ1n) is 12.8. The Kier molecular flexibility index (Phi) is 12.1. The van der Waals surface area contributed by atoms with Crippen LogP contribution in [0.1, 0.15) is 44.1 Å². The van der Waals surface area contributed by atoms with Crippen LogP contribution in [0.5, 0.6) is 5.75 Å².